The fraction of sp³-hybridized carbons (Fsp3) is 0.211. The van der Waals surface area contributed by atoms with Crippen molar-refractivity contribution in [1.29, 1.82) is 0 Å². The normalized spacial score (nSPS) is 10.3. The number of amides is 1. The van der Waals surface area contributed by atoms with E-state index in [0.717, 1.165) is 5.69 Å². The number of ether oxygens (including phenoxy) is 3. The summed E-state index contributed by atoms with van der Waals surface area (Å²) in [6.45, 7) is -0.437. The van der Waals surface area contributed by atoms with Crippen molar-refractivity contribution in [2.45, 2.75) is 6.61 Å². The second-order valence-electron chi connectivity index (χ2n) is 5.76. The Morgan fingerprint density at radius 1 is 1.03 bits per heavy atom. The number of hydrogen-bond acceptors (Lipinski definition) is 8. The highest BCUT2D eigenvalue weighted by Gasteiger charge is 2.14. The van der Waals surface area contributed by atoms with Gasteiger partial charge in [0.1, 0.15) is 6.54 Å². The lowest BCUT2D eigenvalue weighted by molar-refractivity contribution is -0.143. The maximum Gasteiger partial charge on any atom is 0.325 e. The van der Waals surface area contributed by atoms with Crippen molar-refractivity contribution < 1.29 is 23.8 Å². The predicted molar refractivity (Wildman–Crippen MR) is 101 cm³/mol. The van der Waals surface area contributed by atoms with Gasteiger partial charge in [-0.15, -0.1) is 5.10 Å². The maximum absolute atomic E-state index is 12.2. The Hall–Kier alpha value is -3.95. The van der Waals surface area contributed by atoms with E-state index in [1.54, 1.807) is 12.1 Å². The molecule has 150 valence electrons. The van der Waals surface area contributed by atoms with E-state index >= 15 is 0 Å². The summed E-state index contributed by atoms with van der Waals surface area (Å²) < 4.78 is 16.9. The van der Waals surface area contributed by atoms with Crippen LogP contribution in [0.5, 0.6) is 11.5 Å². The Kier molecular flexibility index (Phi) is 6.36. The Morgan fingerprint density at radius 3 is 2.52 bits per heavy atom. The second-order valence-corrected chi connectivity index (χ2v) is 5.76. The first-order chi connectivity index (χ1) is 14.1. The van der Waals surface area contributed by atoms with E-state index in [-0.39, 0.29) is 13.2 Å². The van der Waals surface area contributed by atoms with Crippen molar-refractivity contribution in [3.05, 3.63) is 59.9 Å². The SMILES string of the molecule is COc1ccc(C(=O)NCC(=O)OCc2nnnn2-c2ccccc2)cc1OC. The van der Waals surface area contributed by atoms with Gasteiger partial charge < -0.3 is 19.5 Å². The van der Waals surface area contributed by atoms with Gasteiger partial charge in [-0.2, -0.15) is 4.68 Å². The number of aromatic nitrogens is 4. The zero-order chi connectivity index (χ0) is 20.6. The molecule has 0 spiro atoms. The zero-order valence-corrected chi connectivity index (χ0v) is 15.9. The molecular formula is C19H19N5O5. The molecule has 10 heteroatoms. The first-order valence-corrected chi connectivity index (χ1v) is 8.61. The number of carbonyl (C=O) groups is 2. The molecule has 29 heavy (non-hydrogen) atoms. The van der Waals surface area contributed by atoms with E-state index in [9.17, 15) is 9.59 Å². The topological polar surface area (TPSA) is 117 Å². The van der Waals surface area contributed by atoms with Gasteiger partial charge in [-0.1, -0.05) is 18.2 Å². The predicted octanol–water partition coefficient (Wildman–Crippen LogP) is 1.15. The number of hydrogen-bond donors (Lipinski definition) is 1. The molecule has 2 aromatic carbocycles. The van der Waals surface area contributed by atoms with Crippen LogP contribution in [0.2, 0.25) is 0 Å². The maximum atomic E-state index is 12.2. The van der Waals surface area contributed by atoms with E-state index in [1.807, 2.05) is 30.3 Å². The molecule has 0 unspecified atom stereocenters. The summed E-state index contributed by atoms with van der Waals surface area (Å²) in [6.07, 6.45) is 0. The van der Waals surface area contributed by atoms with Gasteiger partial charge in [-0.05, 0) is 40.8 Å². The summed E-state index contributed by atoms with van der Waals surface area (Å²) in [5.41, 5.74) is 1.06. The van der Waals surface area contributed by atoms with Gasteiger partial charge >= 0.3 is 5.97 Å². The summed E-state index contributed by atoms with van der Waals surface area (Å²) in [4.78, 5) is 24.2. The Labute approximate surface area is 166 Å². The molecule has 1 aromatic heterocycles. The number of methoxy groups -OCH3 is 2. The van der Waals surface area contributed by atoms with Crippen molar-refractivity contribution in [1.82, 2.24) is 25.5 Å². The molecular weight excluding hydrogens is 378 g/mol. The Balaban J connectivity index is 1.53. The number of para-hydroxylation sites is 1. The van der Waals surface area contributed by atoms with Crippen LogP contribution in [0.15, 0.2) is 48.5 Å². The van der Waals surface area contributed by atoms with Crippen molar-refractivity contribution in [2.24, 2.45) is 0 Å². The fourth-order valence-corrected chi connectivity index (χ4v) is 2.49. The fourth-order valence-electron chi connectivity index (χ4n) is 2.49. The van der Waals surface area contributed by atoms with Gasteiger partial charge in [-0.25, -0.2) is 0 Å². The number of nitrogens with one attached hydrogen (secondary N) is 1. The Bertz CT molecular complexity index is 990. The minimum absolute atomic E-state index is 0.132. The number of carbonyl (C=O) groups excluding carboxylic acids is 2. The van der Waals surface area contributed by atoms with Crippen LogP contribution >= 0.6 is 0 Å². The molecule has 0 saturated heterocycles. The average molecular weight is 397 g/mol. The van der Waals surface area contributed by atoms with Crippen LogP contribution in [-0.2, 0) is 16.1 Å². The van der Waals surface area contributed by atoms with Gasteiger partial charge in [0.25, 0.3) is 5.91 Å². The van der Waals surface area contributed by atoms with Crippen LogP contribution in [0.25, 0.3) is 5.69 Å². The lowest BCUT2D eigenvalue weighted by atomic mass is 10.2. The minimum Gasteiger partial charge on any atom is -0.493 e. The quantitative estimate of drug-likeness (QED) is 0.563. The van der Waals surface area contributed by atoms with E-state index in [0.29, 0.717) is 22.9 Å². The number of nitrogens with zero attached hydrogens (tertiary/aromatic N) is 4. The third kappa shape index (κ3) is 4.86. The molecule has 0 aliphatic rings. The molecule has 1 N–H and O–H groups in total. The van der Waals surface area contributed by atoms with E-state index in [4.69, 9.17) is 14.2 Å². The van der Waals surface area contributed by atoms with Crippen LogP contribution in [0.4, 0.5) is 0 Å². The second kappa shape index (κ2) is 9.31. The van der Waals surface area contributed by atoms with Crippen LogP contribution in [0.1, 0.15) is 16.2 Å². The molecule has 1 heterocycles. The molecule has 3 aromatic rings. The van der Waals surface area contributed by atoms with Gasteiger partial charge in [0.2, 0.25) is 0 Å². The van der Waals surface area contributed by atoms with Gasteiger partial charge in [0.05, 0.1) is 19.9 Å². The summed E-state index contributed by atoms with van der Waals surface area (Å²) in [6, 6.07) is 13.9. The van der Waals surface area contributed by atoms with Crippen LogP contribution in [-0.4, -0.2) is 52.8 Å². The number of rotatable bonds is 8. The molecule has 0 bridgehead atoms. The van der Waals surface area contributed by atoms with Crippen molar-refractivity contribution >= 4 is 11.9 Å². The summed E-state index contributed by atoms with van der Waals surface area (Å²) in [7, 11) is 2.97. The lowest BCUT2D eigenvalue weighted by Crippen LogP contribution is -2.30. The van der Waals surface area contributed by atoms with Gasteiger partial charge in [0.15, 0.2) is 23.9 Å². The van der Waals surface area contributed by atoms with Crippen molar-refractivity contribution in [3.8, 4) is 17.2 Å². The summed E-state index contributed by atoms with van der Waals surface area (Å²) >= 11 is 0. The van der Waals surface area contributed by atoms with Crippen LogP contribution < -0.4 is 14.8 Å². The molecule has 1 amide bonds. The largest absolute Gasteiger partial charge is 0.493 e. The molecule has 0 aliphatic carbocycles. The summed E-state index contributed by atoms with van der Waals surface area (Å²) in [5, 5.41) is 13.8. The van der Waals surface area contributed by atoms with E-state index in [1.165, 1.54) is 25.0 Å². The molecule has 0 atom stereocenters. The average Bonchev–Trinajstić information content (AvgIpc) is 3.24. The molecule has 0 fully saturated rings. The number of benzene rings is 2. The molecule has 0 radical (unpaired) electrons. The van der Waals surface area contributed by atoms with E-state index in [2.05, 4.69) is 20.8 Å². The highest BCUT2D eigenvalue weighted by molar-refractivity contribution is 5.96. The smallest absolute Gasteiger partial charge is 0.325 e. The zero-order valence-electron chi connectivity index (χ0n) is 15.9. The summed E-state index contributed by atoms with van der Waals surface area (Å²) in [5.74, 6) is 0.198. The van der Waals surface area contributed by atoms with Crippen LogP contribution in [0, 0.1) is 0 Å². The standard InChI is InChI=1S/C19H19N5O5/c1-27-15-9-8-13(10-16(15)28-2)19(26)20-11-18(25)29-12-17-21-22-23-24(17)14-6-4-3-5-7-14/h3-10H,11-12H2,1-2H3,(H,20,26). The third-order valence-electron chi connectivity index (χ3n) is 3.94. The molecule has 3 rings (SSSR count). The van der Waals surface area contributed by atoms with Crippen LogP contribution in [0.3, 0.4) is 0 Å². The van der Waals surface area contributed by atoms with Crippen molar-refractivity contribution in [2.75, 3.05) is 20.8 Å². The highest BCUT2D eigenvalue weighted by Crippen LogP contribution is 2.27. The molecule has 0 aliphatic heterocycles. The first-order valence-electron chi connectivity index (χ1n) is 8.61. The van der Waals surface area contributed by atoms with Crippen molar-refractivity contribution in [3.63, 3.8) is 0 Å². The lowest BCUT2D eigenvalue weighted by Gasteiger charge is -2.10. The number of tetrazole rings is 1. The van der Waals surface area contributed by atoms with Gasteiger partial charge in [-0.3, -0.25) is 9.59 Å². The monoisotopic (exact) mass is 397 g/mol. The minimum atomic E-state index is -0.624. The van der Waals surface area contributed by atoms with Gasteiger partial charge in [0, 0.05) is 5.56 Å². The van der Waals surface area contributed by atoms with E-state index < -0.39 is 11.9 Å². The third-order valence-corrected chi connectivity index (χ3v) is 3.94. The first kappa shape index (κ1) is 19.8. The molecule has 10 nitrogen and oxygen atoms in total. The number of esters is 1. The molecule has 0 saturated carbocycles. The highest BCUT2D eigenvalue weighted by atomic mass is 16.5. The Morgan fingerprint density at radius 2 is 1.79 bits per heavy atom.